The standard InChI is InChI=1S/C20H26O5/c1-2-21-12-16-24-19-10-6-7-11-20(19)25-17-14-22-13-15-23-18-8-4-3-5-9-18/h3-11H,2,12-17H2,1H3. The summed E-state index contributed by atoms with van der Waals surface area (Å²) < 4.78 is 27.7. The largest absolute Gasteiger partial charge is 0.491 e. The first-order chi connectivity index (χ1) is 12.4. The van der Waals surface area contributed by atoms with Gasteiger partial charge in [-0.2, -0.15) is 0 Å². The molecule has 0 amide bonds. The fourth-order valence-corrected chi connectivity index (χ4v) is 2.09. The van der Waals surface area contributed by atoms with E-state index in [4.69, 9.17) is 23.7 Å². The average Bonchev–Trinajstić information content (AvgIpc) is 2.66. The van der Waals surface area contributed by atoms with Crippen molar-refractivity contribution in [3.05, 3.63) is 54.6 Å². The fraction of sp³-hybridized carbons (Fsp3) is 0.400. The molecule has 136 valence electrons. The highest BCUT2D eigenvalue weighted by Gasteiger charge is 2.04. The smallest absolute Gasteiger partial charge is 0.161 e. The van der Waals surface area contributed by atoms with Crippen LogP contribution in [0.5, 0.6) is 17.2 Å². The molecule has 0 aromatic heterocycles. The van der Waals surface area contributed by atoms with Crippen molar-refractivity contribution < 1.29 is 23.7 Å². The van der Waals surface area contributed by atoms with E-state index in [1.807, 2.05) is 61.5 Å². The van der Waals surface area contributed by atoms with Gasteiger partial charge in [0.05, 0.1) is 19.8 Å². The van der Waals surface area contributed by atoms with E-state index in [2.05, 4.69) is 0 Å². The Labute approximate surface area is 149 Å². The van der Waals surface area contributed by atoms with Crippen LogP contribution in [0.2, 0.25) is 0 Å². The molecule has 0 aliphatic carbocycles. The monoisotopic (exact) mass is 346 g/mol. The molecule has 0 heterocycles. The van der Waals surface area contributed by atoms with Crippen LogP contribution in [-0.4, -0.2) is 46.2 Å². The molecule has 5 nitrogen and oxygen atoms in total. The van der Waals surface area contributed by atoms with Gasteiger partial charge in [-0.3, -0.25) is 0 Å². The molecule has 0 atom stereocenters. The summed E-state index contributed by atoms with van der Waals surface area (Å²) >= 11 is 0. The van der Waals surface area contributed by atoms with E-state index in [-0.39, 0.29) is 0 Å². The molecular weight excluding hydrogens is 320 g/mol. The van der Waals surface area contributed by atoms with E-state index in [1.54, 1.807) is 0 Å². The van der Waals surface area contributed by atoms with Gasteiger partial charge < -0.3 is 23.7 Å². The number of hydrogen-bond acceptors (Lipinski definition) is 5. The second kappa shape index (κ2) is 12.2. The van der Waals surface area contributed by atoms with Gasteiger partial charge in [0.1, 0.15) is 25.6 Å². The van der Waals surface area contributed by atoms with Crippen molar-refractivity contribution in [2.24, 2.45) is 0 Å². The lowest BCUT2D eigenvalue weighted by atomic mass is 10.3. The lowest BCUT2D eigenvalue weighted by molar-refractivity contribution is 0.0744. The molecule has 0 unspecified atom stereocenters. The lowest BCUT2D eigenvalue weighted by Crippen LogP contribution is -2.13. The van der Waals surface area contributed by atoms with Gasteiger partial charge in [-0.15, -0.1) is 0 Å². The van der Waals surface area contributed by atoms with Crippen molar-refractivity contribution in [2.45, 2.75) is 6.92 Å². The van der Waals surface area contributed by atoms with Crippen LogP contribution in [0.3, 0.4) is 0 Å². The number of hydrogen-bond donors (Lipinski definition) is 0. The first kappa shape index (κ1) is 19.1. The van der Waals surface area contributed by atoms with Gasteiger partial charge in [-0.25, -0.2) is 0 Å². The minimum Gasteiger partial charge on any atom is -0.491 e. The Morgan fingerprint density at radius 1 is 0.560 bits per heavy atom. The third-order valence-corrected chi connectivity index (χ3v) is 3.26. The van der Waals surface area contributed by atoms with Crippen molar-refractivity contribution in [1.82, 2.24) is 0 Å². The van der Waals surface area contributed by atoms with Crippen LogP contribution < -0.4 is 14.2 Å². The lowest BCUT2D eigenvalue weighted by Gasteiger charge is -2.13. The Morgan fingerprint density at radius 2 is 1.08 bits per heavy atom. The molecule has 25 heavy (non-hydrogen) atoms. The maximum Gasteiger partial charge on any atom is 0.161 e. The molecule has 0 saturated heterocycles. The number of benzene rings is 2. The molecular formula is C20H26O5. The maximum absolute atomic E-state index is 5.73. The Bertz CT molecular complexity index is 573. The SMILES string of the molecule is CCOCCOc1ccccc1OCCOCCOc1ccccc1. The highest BCUT2D eigenvalue weighted by atomic mass is 16.6. The van der Waals surface area contributed by atoms with Gasteiger partial charge in [0.25, 0.3) is 0 Å². The summed E-state index contributed by atoms with van der Waals surface area (Å²) in [5, 5.41) is 0. The third-order valence-electron chi connectivity index (χ3n) is 3.26. The number of para-hydroxylation sites is 3. The summed E-state index contributed by atoms with van der Waals surface area (Å²) in [4.78, 5) is 0. The van der Waals surface area contributed by atoms with Crippen molar-refractivity contribution >= 4 is 0 Å². The zero-order valence-corrected chi connectivity index (χ0v) is 14.7. The quantitative estimate of drug-likeness (QED) is 0.519. The Balaban J connectivity index is 1.58. The highest BCUT2D eigenvalue weighted by Crippen LogP contribution is 2.26. The second-order valence-corrected chi connectivity index (χ2v) is 5.11. The van der Waals surface area contributed by atoms with E-state index < -0.39 is 0 Å². The molecule has 0 aliphatic heterocycles. The molecule has 0 N–H and O–H groups in total. The van der Waals surface area contributed by atoms with Crippen LogP contribution in [-0.2, 0) is 9.47 Å². The third kappa shape index (κ3) is 7.92. The van der Waals surface area contributed by atoms with Gasteiger partial charge in [0, 0.05) is 6.61 Å². The highest BCUT2D eigenvalue weighted by molar-refractivity contribution is 5.39. The normalized spacial score (nSPS) is 10.4. The molecule has 0 spiro atoms. The molecule has 2 aromatic rings. The molecule has 2 aromatic carbocycles. The minimum atomic E-state index is 0.456. The molecule has 0 aliphatic rings. The van der Waals surface area contributed by atoms with Gasteiger partial charge >= 0.3 is 0 Å². The molecule has 0 bridgehead atoms. The van der Waals surface area contributed by atoms with Crippen LogP contribution in [0.15, 0.2) is 54.6 Å². The van der Waals surface area contributed by atoms with Crippen molar-refractivity contribution in [3.63, 3.8) is 0 Å². The van der Waals surface area contributed by atoms with Crippen LogP contribution in [0.4, 0.5) is 0 Å². The Hall–Kier alpha value is -2.24. The van der Waals surface area contributed by atoms with Crippen molar-refractivity contribution in [1.29, 1.82) is 0 Å². The average molecular weight is 346 g/mol. The second-order valence-electron chi connectivity index (χ2n) is 5.11. The zero-order chi connectivity index (χ0) is 17.6. The van der Waals surface area contributed by atoms with E-state index in [1.165, 1.54) is 0 Å². The summed E-state index contributed by atoms with van der Waals surface area (Å²) in [7, 11) is 0. The predicted octanol–water partition coefficient (Wildman–Crippen LogP) is 3.58. The predicted molar refractivity (Wildman–Crippen MR) is 96.7 cm³/mol. The summed E-state index contributed by atoms with van der Waals surface area (Å²) in [6.07, 6.45) is 0. The van der Waals surface area contributed by atoms with E-state index in [0.29, 0.717) is 52.0 Å². The van der Waals surface area contributed by atoms with Crippen LogP contribution >= 0.6 is 0 Å². The molecule has 0 fully saturated rings. The summed E-state index contributed by atoms with van der Waals surface area (Å²) in [5.74, 6) is 2.28. The van der Waals surface area contributed by atoms with Gasteiger partial charge in [0.2, 0.25) is 0 Å². The number of ether oxygens (including phenoxy) is 5. The first-order valence-corrected chi connectivity index (χ1v) is 8.58. The minimum absolute atomic E-state index is 0.456. The van der Waals surface area contributed by atoms with Crippen LogP contribution in [0.25, 0.3) is 0 Å². The van der Waals surface area contributed by atoms with Crippen LogP contribution in [0, 0.1) is 0 Å². The Kier molecular flexibility index (Phi) is 9.29. The fourth-order valence-electron chi connectivity index (χ4n) is 2.09. The Morgan fingerprint density at radius 3 is 1.68 bits per heavy atom. The van der Waals surface area contributed by atoms with Gasteiger partial charge in [-0.05, 0) is 31.2 Å². The van der Waals surface area contributed by atoms with Gasteiger partial charge in [-0.1, -0.05) is 30.3 Å². The molecule has 2 rings (SSSR count). The van der Waals surface area contributed by atoms with E-state index in [9.17, 15) is 0 Å². The van der Waals surface area contributed by atoms with Crippen molar-refractivity contribution in [2.75, 3.05) is 46.2 Å². The van der Waals surface area contributed by atoms with Crippen molar-refractivity contribution in [3.8, 4) is 17.2 Å². The van der Waals surface area contributed by atoms with E-state index >= 15 is 0 Å². The van der Waals surface area contributed by atoms with Gasteiger partial charge in [0.15, 0.2) is 11.5 Å². The number of rotatable bonds is 13. The van der Waals surface area contributed by atoms with Crippen LogP contribution in [0.1, 0.15) is 6.92 Å². The topological polar surface area (TPSA) is 46.2 Å². The van der Waals surface area contributed by atoms with E-state index in [0.717, 1.165) is 11.5 Å². The first-order valence-electron chi connectivity index (χ1n) is 8.58. The zero-order valence-electron chi connectivity index (χ0n) is 14.7. The maximum atomic E-state index is 5.73. The summed E-state index contributed by atoms with van der Waals surface area (Å²) in [6.45, 7) is 5.69. The molecule has 0 saturated carbocycles. The summed E-state index contributed by atoms with van der Waals surface area (Å²) in [6, 6.07) is 17.3. The molecule has 0 radical (unpaired) electrons. The summed E-state index contributed by atoms with van der Waals surface area (Å²) in [5.41, 5.74) is 0. The molecule has 5 heteroatoms.